The van der Waals surface area contributed by atoms with Crippen LogP contribution in [-0.2, 0) is 25.7 Å². The third-order valence-electron chi connectivity index (χ3n) is 4.44. The summed E-state index contributed by atoms with van der Waals surface area (Å²) in [5.74, 6) is -1.00. The topological polar surface area (TPSA) is 128 Å². The van der Waals surface area contributed by atoms with Crippen LogP contribution in [0.5, 0.6) is 0 Å². The molecule has 1 heterocycles. The number of nitrogens with zero attached hydrogens (tertiary/aromatic N) is 2. The molecule has 2 aromatic carbocycles. The minimum atomic E-state index is -0.920. The molecule has 3 rings (SSSR count). The molecule has 1 aliphatic rings. The summed E-state index contributed by atoms with van der Waals surface area (Å²) in [7, 11) is 0. The third-order valence-corrected chi connectivity index (χ3v) is 4.44. The number of ether oxygens (including phenoxy) is 2. The first-order valence-electron chi connectivity index (χ1n) is 9.12. The minimum Gasteiger partial charge on any atom is -0.444 e. The molecule has 156 valence electrons. The first-order valence-corrected chi connectivity index (χ1v) is 9.12. The number of carbonyl (C=O) groups excluding carboxylic acids is 3. The fourth-order valence-corrected chi connectivity index (χ4v) is 2.86. The van der Waals surface area contributed by atoms with Crippen LogP contribution in [0.3, 0.4) is 0 Å². The predicted octanol–water partition coefficient (Wildman–Crippen LogP) is 2.84. The lowest BCUT2D eigenvalue weighted by atomic mass is 10.1. The number of nitrogens with one attached hydrogen (secondary N) is 1. The van der Waals surface area contributed by atoms with E-state index >= 15 is 0 Å². The molecule has 0 aromatic heterocycles. The summed E-state index contributed by atoms with van der Waals surface area (Å²) in [6, 6.07) is 13.5. The molecule has 1 aliphatic heterocycles. The fraction of sp³-hybridized carbons (Fsp3) is 0.250. The Kier molecular flexibility index (Phi) is 6.58. The molecule has 0 saturated carbocycles. The lowest BCUT2D eigenvalue weighted by Crippen LogP contribution is -2.39. The number of hydrogen-bond donors (Lipinski definition) is 1. The van der Waals surface area contributed by atoms with Crippen molar-refractivity contribution in [1.29, 1.82) is 0 Å². The zero-order valence-corrected chi connectivity index (χ0v) is 15.9. The van der Waals surface area contributed by atoms with E-state index in [-0.39, 0.29) is 31.9 Å². The molecule has 1 N–H and O–H groups in total. The second-order valence-electron chi connectivity index (χ2n) is 6.51. The van der Waals surface area contributed by atoms with Crippen molar-refractivity contribution in [2.24, 2.45) is 0 Å². The van der Waals surface area contributed by atoms with Crippen LogP contribution in [0.15, 0.2) is 54.6 Å². The summed E-state index contributed by atoms with van der Waals surface area (Å²) in [4.78, 5) is 47.7. The van der Waals surface area contributed by atoms with Crippen molar-refractivity contribution in [1.82, 2.24) is 4.90 Å². The molecule has 2 aromatic rings. The maximum absolute atomic E-state index is 12.3. The first-order chi connectivity index (χ1) is 14.4. The summed E-state index contributed by atoms with van der Waals surface area (Å²) in [5.41, 5.74) is 1.10. The molecule has 0 aliphatic carbocycles. The quantitative estimate of drug-likeness (QED) is 0.420. The number of carbonyl (C=O) groups is 3. The van der Waals surface area contributed by atoms with Crippen molar-refractivity contribution in [3.8, 4) is 0 Å². The van der Waals surface area contributed by atoms with Crippen LogP contribution >= 0.6 is 0 Å². The van der Waals surface area contributed by atoms with Gasteiger partial charge in [-0.25, -0.2) is 9.59 Å². The third kappa shape index (κ3) is 5.31. The number of benzene rings is 2. The van der Waals surface area contributed by atoms with Gasteiger partial charge in [0.2, 0.25) is 5.91 Å². The SMILES string of the molecule is O=C(CC[C@@H]1C(=O)OCN1C(=O)OCc1ccccc1)Nc1ccc([N+](=O)[O-])cc1. The second-order valence-corrected chi connectivity index (χ2v) is 6.51. The predicted molar refractivity (Wildman–Crippen MR) is 104 cm³/mol. The van der Waals surface area contributed by atoms with Crippen molar-refractivity contribution in [3.63, 3.8) is 0 Å². The van der Waals surface area contributed by atoms with E-state index in [9.17, 15) is 24.5 Å². The molecule has 1 saturated heterocycles. The zero-order chi connectivity index (χ0) is 21.5. The van der Waals surface area contributed by atoms with Crippen molar-refractivity contribution >= 4 is 29.3 Å². The van der Waals surface area contributed by atoms with Crippen LogP contribution in [0.2, 0.25) is 0 Å². The Bertz CT molecular complexity index is 931. The van der Waals surface area contributed by atoms with Gasteiger partial charge in [0, 0.05) is 24.2 Å². The lowest BCUT2D eigenvalue weighted by molar-refractivity contribution is -0.384. The van der Waals surface area contributed by atoms with Crippen molar-refractivity contribution < 1.29 is 28.8 Å². The Balaban J connectivity index is 1.50. The first kappa shape index (κ1) is 20.8. The van der Waals surface area contributed by atoms with Crippen LogP contribution in [0, 0.1) is 10.1 Å². The van der Waals surface area contributed by atoms with Crippen LogP contribution in [0.25, 0.3) is 0 Å². The maximum atomic E-state index is 12.3. The highest BCUT2D eigenvalue weighted by atomic mass is 16.6. The summed E-state index contributed by atoms with van der Waals surface area (Å²) < 4.78 is 10.2. The number of anilines is 1. The molecule has 0 spiro atoms. The Morgan fingerprint density at radius 3 is 2.53 bits per heavy atom. The van der Waals surface area contributed by atoms with Crippen LogP contribution in [0.4, 0.5) is 16.2 Å². The molecule has 1 fully saturated rings. The molecule has 2 amide bonds. The van der Waals surface area contributed by atoms with Gasteiger partial charge in [-0.3, -0.25) is 19.8 Å². The second kappa shape index (κ2) is 9.50. The van der Waals surface area contributed by atoms with E-state index in [1.54, 1.807) is 12.1 Å². The number of esters is 1. The van der Waals surface area contributed by atoms with Gasteiger partial charge in [-0.05, 0) is 24.1 Å². The lowest BCUT2D eigenvalue weighted by Gasteiger charge is -2.19. The van der Waals surface area contributed by atoms with Crippen LogP contribution < -0.4 is 5.32 Å². The average Bonchev–Trinajstić information content (AvgIpc) is 3.12. The van der Waals surface area contributed by atoms with Gasteiger partial charge in [-0.1, -0.05) is 30.3 Å². The van der Waals surface area contributed by atoms with E-state index in [0.29, 0.717) is 5.69 Å². The van der Waals surface area contributed by atoms with E-state index < -0.39 is 28.9 Å². The maximum Gasteiger partial charge on any atom is 0.413 e. The van der Waals surface area contributed by atoms with E-state index in [1.165, 1.54) is 24.3 Å². The van der Waals surface area contributed by atoms with Crippen molar-refractivity contribution in [2.75, 3.05) is 12.0 Å². The zero-order valence-electron chi connectivity index (χ0n) is 15.9. The molecule has 1 atom stereocenters. The smallest absolute Gasteiger partial charge is 0.413 e. The van der Waals surface area contributed by atoms with Crippen molar-refractivity contribution in [2.45, 2.75) is 25.5 Å². The number of non-ortho nitro benzene ring substituents is 1. The van der Waals surface area contributed by atoms with E-state index in [0.717, 1.165) is 10.5 Å². The summed E-state index contributed by atoms with van der Waals surface area (Å²) >= 11 is 0. The Hall–Kier alpha value is -3.95. The van der Waals surface area contributed by atoms with E-state index in [4.69, 9.17) is 9.47 Å². The highest BCUT2D eigenvalue weighted by Crippen LogP contribution is 2.20. The van der Waals surface area contributed by atoms with Gasteiger partial charge >= 0.3 is 12.1 Å². The monoisotopic (exact) mass is 413 g/mol. The normalized spacial score (nSPS) is 15.4. The molecule has 0 unspecified atom stereocenters. The number of nitro groups is 1. The largest absolute Gasteiger partial charge is 0.444 e. The molecule has 0 bridgehead atoms. The average molecular weight is 413 g/mol. The van der Waals surface area contributed by atoms with Gasteiger partial charge in [0.25, 0.3) is 5.69 Å². The van der Waals surface area contributed by atoms with Gasteiger partial charge < -0.3 is 14.8 Å². The van der Waals surface area contributed by atoms with E-state index in [1.807, 2.05) is 18.2 Å². The molecule has 0 radical (unpaired) electrons. The number of rotatable bonds is 7. The minimum absolute atomic E-state index is 0.0533. The van der Waals surface area contributed by atoms with Gasteiger partial charge in [0.15, 0.2) is 6.73 Å². The fourth-order valence-electron chi connectivity index (χ4n) is 2.86. The number of cyclic esters (lactones) is 1. The Labute approximate surface area is 171 Å². The molecular weight excluding hydrogens is 394 g/mol. The molecule has 10 nitrogen and oxygen atoms in total. The summed E-state index contributed by atoms with van der Waals surface area (Å²) in [5, 5.41) is 13.2. The Morgan fingerprint density at radius 1 is 1.17 bits per heavy atom. The Morgan fingerprint density at radius 2 is 1.87 bits per heavy atom. The number of nitro benzene ring substituents is 1. The van der Waals surface area contributed by atoms with Crippen LogP contribution in [-0.4, -0.2) is 40.6 Å². The number of amides is 2. The van der Waals surface area contributed by atoms with Gasteiger partial charge in [-0.15, -0.1) is 0 Å². The molecule has 30 heavy (non-hydrogen) atoms. The summed E-state index contributed by atoms with van der Waals surface area (Å²) in [6.45, 7) is -0.182. The summed E-state index contributed by atoms with van der Waals surface area (Å²) in [6.07, 6.45) is -0.706. The highest BCUT2D eigenvalue weighted by molar-refractivity contribution is 5.91. The molecule has 10 heteroatoms. The molecular formula is C20H19N3O7. The van der Waals surface area contributed by atoms with E-state index in [2.05, 4.69) is 5.32 Å². The van der Waals surface area contributed by atoms with Gasteiger partial charge in [-0.2, -0.15) is 0 Å². The van der Waals surface area contributed by atoms with Crippen LogP contribution in [0.1, 0.15) is 18.4 Å². The number of hydrogen-bond acceptors (Lipinski definition) is 7. The van der Waals surface area contributed by atoms with Gasteiger partial charge in [0.1, 0.15) is 12.6 Å². The van der Waals surface area contributed by atoms with Crippen molar-refractivity contribution in [3.05, 3.63) is 70.3 Å². The highest BCUT2D eigenvalue weighted by Gasteiger charge is 2.38. The standard InChI is InChI=1S/C20H19N3O7/c24-18(21-15-6-8-16(9-7-15)23(27)28)11-10-17-19(25)30-13-22(17)20(26)29-12-14-4-2-1-3-5-14/h1-9,17H,10-13H2,(H,21,24)/t17-/m1/s1. The van der Waals surface area contributed by atoms with Gasteiger partial charge in [0.05, 0.1) is 4.92 Å².